The molecule has 19 heavy (non-hydrogen) atoms. The van der Waals surface area contributed by atoms with Crippen molar-refractivity contribution in [3.63, 3.8) is 0 Å². The molecule has 0 aliphatic carbocycles. The Balaban J connectivity index is 2.93. The largest absolute Gasteiger partial charge is 0.478 e. The van der Waals surface area contributed by atoms with Crippen molar-refractivity contribution < 1.29 is 23.1 Å². The van der Waals surface area contributed by atoms with E-state index in [0.717, 1.165) is 37.5 Å². The Hall–Kier alpha value is -1.72. The quantitative estimate of drug-likeness (QED) is 0.771. The van der Waals surface area contributed by atoms with Crippen molar-refractivity contribution in [2.75, 3.05) is 11.9 Å². The van der Waals surface area contributed by atoms with Crippen molar-refractivity contribution in [1.29, 1.82) is 0 Å². The van der Waals surface area contributed by atoms with Crippen LogP contribution in [0.5, 0.6) is 0 Å². The van der Waals surface area contributed by atoms with Crippen molar-refractivity contribution in [2.24, 2.45) is 0 Å². The van der Waals surface area contributed by atoms with Crippen LogP contribution < -0.4 is 5.32 Å². The number of rotatable bonds is 6. The molecule has 0 aliphatic heterocycles. The Morgan fingerprint density at radius 1 is 1.32 bits per heavy atom. The average molecular weight is 275 g/mol. The molecular weight excluding hydrogens is 259 g/mol. The zero-order chi connectivity index (χ0) is 14.5. The van der Waals surface area contributed by atoms with Crippen molar-refractivity contribution in [1.82, 2.24) is 0 Å². The van der Waals surface area contributed by atoms with Gasteiger partial charge in [0.25, 0.3) is 0 Å². The van der Waals surface area contributed by atoms with Crippen LogP contribution in [0.4, 0.5) is 18.9 Å². The summed E-state index contributed by atoms with van der Waals surface area (Å²) >= 11 is 0. The monoisotopic (exact) mass is 275 g/mol. The highest BCUT2D eigenvalue weighted by molar-refractivity contribution is 5.94. The van der Waals surface area contributed by atoms with Crippen LogP contribution in [0.1, 0.15) is 42.1 Å². The van der Waals surface area contributed by atoms with Crippen molar-refractivity contribution in [3.8, 4) is 0 Å². The van der Waals surface area contributed by atoms with Crippen molar-refractivity contribution in [3.05, 3.63) is 29.3 Å². The van der Waals surface area contributed by atoms with Crippen LogP contribution in [0, 0.1) is 0 Å². The van der Waals surface area contributed by atoms with Gasteiger partial charge in [-0.2, -0.15) is 13.2 Å². The maximum atomic E-state index is 12.6. The van der Waals surface area contributed by atoms with Gasteiger partial charge in [0.05, 0.1) is 11.1 Å². The summed E-state index contributed by atoms with van der Waals surface area (Å²) in [5.74, 6) is -1.24. The number of anilines is 1. The normalized spacial score (nSPS) is 11.4. The summed E-state index contributed by atoms with van der Waals surface area (Å²) in [6.45, 7) is 2.46. The molecule has 106 valence electrons. The second-order valence-electron chi connectivity index (χ2n) is 4.20. The molecule has 0 aliphatic rings. The number of carboxylic acids is 1. The summed E-state index contributed by atoms with van der Waals surface area (Å²) in [6, 6.07) is 2.60. The van der Waals surface area contributed by atoms with E-state index in [0.29, 0.717) is 6.54 Å². The fraction of sp³-hybridized carbons (Fsp3) is 0.462. The highest BCUT2D eigenvalue weighted by atomic mass is 19.4. The number of aromatic carboxylic acids is 1. The molecule has 0 saturated heterocycles. The first-order chi connectivity index (χ1) is 8.86. The number of carbonyl (C=O) groups is 1. The summed E-state index contributed by atoms with van der Waals surface area (Å²) in [4.78, 5) is 11.0. The van der Waals surface area contributed by atoms with E-state index in [9.17, 15) is 18.0 Å². The lowest BCUT2D eigenvalue weighted by molar-refractivity contribution is -0.137. The number of halogens is 3. The van der Waals surface area contributed by atoms with Crippen LogP contribution in [0.25, 0.3) is 0 Å². The number of hydrogen-bond acceptors (Lipinski definition) is 2. The van der Waals surface area contributed by atoms with E-state index in [2.05, 4.69) is 5.32 Å². The van der Waals surface area contributed by atoms with Gasteiger partial charge in [0.15, 0.2) is 0 Å². The molecule has 1 aromatic carbocycles. The predicted molar refractivity (Wildman–Crippen MR) is 66.4 cm³/mol. The van der Waals surface area contributed by atoms with Gasteiger partial charge in [-0.05, 0) is 24.6 Å². The number of alkyl halides is 3. The maximum absolute atomic E-state index is 12.6. The molecule has 0 fully saturated rings. The Bertz CT molecular complexity index is 444. The molecule has 0 amide bonds. The molecule has 1 aromatic rings. The van der Waals surface area contributed by atoms with Gasteiger partial charge in [0.2, 0.25) is 0 Å². The smallest absolute Gasteiger partial charge is 0.416 e. The fourth-order valence-corrected chi connectivity index (χ4v) is 1.65. The van der Waals surface area contributed by atoms with Gasteiger partial charge >= 0.3 is 12.1 Å². The highest BCUT2D eigenvalue weighted by Gasteiger charge is 2.31. The molecule has 3 nitrogen and oxygen atoms in total. The van der Waals surface area contributed by atoms with Gasteiger partial charge < -0.3 is 10.4 Å². The second kappa shape index (κ2) is 6.45. The van der Waals surface area contributed by atoms with Gasteiger partial charge in [-0.3, -0.25) is 0 Å². The number of nitrogens with one attached hydrogen (secondary N) is 1. The lowest BCUT2D eigenvalue weighted by Crippen LogP contribution is -2.11. The van der Waals surface area contributed by atoms with Crippen LogP contribution in [0.3, 0.4) is 0 Å². The highest BCUT2D eigenvalue weighted by Crippen LogP contribution is 2.32. The molecule has 0 heterocycles. The van der Waals surface area contributed by atoms with Crippen molar-refractivity contribution >= 4 is 11.7 Å². The lowest BCUT2D eigenvalue weighted by Gasteiger charge is -2.13. The van der Waals surface area contributed by atoms with Crippen LogP contribution in [-0.2, 0) is 6.18 Å². The molecule has 0 spiro atoms. The first-order valence-corrected chi connectivity index (χ1v) is 6.04. The molecule has 6 heteroatoms. The molecule has 2 N–H and O–H groups in total. The molecule has 0 saturated carbocycles. The Kier molecular flexibility index (Phi) is 5.20. The van der Waals surface area contributed by atoms with Gasteiger partial charge in [0.1, 0.15) is 0 Å². The molecule has 0 radical (unpaired) electrons. The van der Waals surface area contributed by atoms with E-state index in [4.69, 9.17) is 5.11 Å². The minimum absolute atomic E-state index is 0.0124. The van der Waals surface area contributed by atoms with Gasteiger partial charge in [-0.15, -0.1) is 0 Å². The third kappa shape index (κ3) is 4.46. The Labute approximate surface area is 109 Å². The predicted octanol–water partition coefficient (Wildman–Crippen LogP) is 4.01. The number of benzene rings is 1. The van der Waals surface area contributed by atoms with Gasteiger partial charge in [0, 0.05) is 12.2 Å². The Morgan fingerprint density at radius 3 is 2.53 bits per heavy atom. The van der Waals surface area contributed by atoms with Crippen LogP contribution in [-0.4, -0.2) is 17.6 Å². The minimum atomic E-state index is -4.48. The minimum Gasteiger partial charge on any atom is -0.478 e. The Morgan fingerprint density at radius 2 is 2.00 bits per heavy atom. The number of carboxylic acid groups (broad SMARTS) is 1. The number of unbranched alkanes of at least 4 members (excludes halogenated alkanes) is 2. The molecular formula is C13H16F3NO2. The van der Waals surface area contributed by atoms with Gasteiger partial charge in [-0.25, -0.2) is 4.79 Å². The summed E-state index contributed by atoms with van der Waals surface area (Å²) in [7, 11) is 0. The summed E-state index contributed by atoms with van der Waals surface area (Å²) < 4.78 is 37.7. The summed E-state index contributed by atoms with van der Waals surface area (Å²) in [5.41, 5.74) is -0.988. The molecule has 1 rings (SSSR count). The van der Waals surface area contributed by atoms with E-state index in [1.165, 1.54) is 0 Å². The van der Waals surface area contributed by atoms with E-state index >= 15 is 0 Å². The van der Waals surface area contributed by atoms with E-state index < -0.39 is 17.7 Å². The van der Waals surface area contributed by atoms with Gasteiger partial charge in [-0.1, -0.05) is 19.8 Å². The van der Waals surface area contributed by atoms with Crippen LogP contribution >= 0.6 is 0 Å². The first kappa shape index (κ1) is 15.3. The van der Waals surface area contributed by atoms with Crippen LogP contribution in [0.2, 0.25) is 0 Å². The van der Waals surface area contributed by atoms with E-state index in [1.54, 1.807) is 0 Å². The number of hydrogen-bond donors (Lipinski definition) is 2. The lowest BCUT2D eigenvalue weighted by atomic mass is 10.1. The van der Waals surface area contributed by atoms with Crippen molar-refractivity contribution in [2.45, 2.75) is 32.4 Å². The average Bonchev–Trinajstić information content (AvgIpc) is 2.33. The zero-order valence-corrected chi connectivity index (χ0v) is 10.5. The molecule has 0 aromatic heterocycles. The third-order valence-electron chi connectivity index (χ3n) is 2.67. The standard InChI is InChI=1S/C13H16F3NO2/c1-2-3-4-7-17-11-8-9(13(14,15)16)5-6-10(11)12(18)19/h5-6,8,17H,2-4,7H2,1H3,(H,18,19). The van der Waals surface area contributed by atoms with Crippen LogP contribution in [0.15, 0.2) is 18.2 Å². The molecule has 0 bridgehead atoms. The zero-order valence-electron chi connectivity index (χ0n) is 10.5. The fourth-order valence-electron chi connectivity index (χ4n) is 1.65. The molecule has 0 atom stereocenters. The summed E-state index contributed by atoms with van der Waals surface area (Å²) in [5, 5.41) is 11.7. The third-order valence-corrected chi connectivity index (χ3v) is 2.67. The topological polar surface area (TPSA) is 49.3 Å². The van der Waals surface area contributed by atoms with E-state index in [-0.39, 0.29) is 11.3 Å². The second-order valence-corrected chi connectivity index (χ2v) is 4.20. The summed E-state index contributed by atoms with van der Waals surface area (Å²) in [6.07, 6.45) is -1.77. The first-order valence-electron chi connectivity index (χ1n) is 6.04. The van der Waals surface area contributed by atoms with E-state index in [1.807, 2.05) is 6.92 Å². The SMILES string of the molecule is CCCCCNc1cc(C(F)(F)F)ccc1C(=O)O. The maximum Gasteiger partial charge on any atom is 0.416 e. The molecule has 0 unspecified atom stereocenters.